The molecule has 0 spiro atoms. The number of aromatic nitrogens is 1. The Balaban J connectivity index is 3.02. The van der Waals surface area contributed by atoms with Crippen LogP contribution in [-0.2, 0) is 5.33 Å². The molecule has 3 heteroatoms. The maximum absolute atomic E-state index is 4.98. The molecule has 0 bridgehead atoms. The summed E-state index contributed by atoms with van der Waals surface area (Å²) in [4.78, 5) is 4.24. The molecule has 0 aliphatic rings. The molecule has 1 heterocycles. The molecule has 0 radical (unpaired) electrons. The van der Waals surface area contributed by atoms with Crippen molar-refractivity contribution in [2.24, 2.45) is 0 Å². The lowest BCUT2D eigenvalue weighted by Crippen LogP contribution is -1.93. The number of methoxy groups -OCH3 is 1. The number of ether oxygens (including phenoxy) is 1. The quantitative estimate of drug-likeness (QED) is 0.707. The highest BCUT2D eigenvalue weighted by Crippen LogP contribution is 2.13. The third-order valence-corrected chi connectivity index (χ3v) is 2.04. The number of alkyl halides is 1. The van der Waals surface area contributed by atoms with Gasteiger partial charge in [-0.15, -0.1) is 0 Å². The first kappa shape index (κ1) is 8.53. The van der Waals surface area contributed by atoms with E-state index < -0.39 is 0 Å². The Morgan fingerprint density at radius 1 is 1.55 bits per heavy atom. The van der Waals surface area contributed by atoms with Crippen LogP contribution in [0.25, 0.3) is 0 Å². The maximum Gasteiger partial charge on any atom is 0.213 e. The number of hydrogen-bond acceptors (Lipinski definition) is 2. The molecule has 0 saturated heterocycles. The Morgan fingerprint density at radius 3 is 2.82 bits per heavy atom. The van der Waals surface area contributed by atoms with E-state index >= 15 is 0 Å². The number of aryl methyl sites for hydroxylation is 1. The van der Waals surface area contributed by atoms with Gasteiger partial charge in [-0.25, -0.2) is 4.98 Å². The Bertz CT molecular complexity index is 250. The van der Waals surface area contributed by atoms with Crippen molar-refractivity contribution in [3.05, 3.63) is 23.4 Å². The van der Waals surface area contributed by atoms with Crippen molar-refractivity contribution in [2.75, 3.05) is 7.11 Å². The zero-order valence-electron chi connectivity index (χ0n) is 6.60. The summed E-state index contributed by atoms with van der Waals surface area (Å²) in [6, 6.07) is 3.86. The summed E-state index contributed by atoms with van der Waals surface area (Å²) in [6.07, 6.45) is 0. The molecule has 0 unspecified atom stereocenters. The van der Waals surface area contributed by atoms with Crippen LogP contribution in [0, 0.1) is 6.92 Å². The van der Waals surface area contributed by atoms with E-state index in [2.05, 4.69) is 20.9 Å². The van der Waals surface area contributed by atoms with Crippen LogP contribution in [0.15, 0.2) is 12.1 Å². The first-order valence-electron chi connectivity index (χ1n) is 3.34. The molecule has 11 heavy (non-hydrogen) atoms. The molecule has 0 aliphatic carbocycles. The summed E-state index contributed by atoms with van der Waals surface area (Å²) >= 11 is 3.35. The lowest BCUT2D eigenvalue weighted by Gasteiger charge is -2.03. The second kappa shape index (κ2) is 3.72. The second-order valence-corrected chi connectivity index (χ2v) is 2.81. The topological polar surface area (TPSA) is 22.1 Å². The molecule has 1 aromatic rings. The predicted molar refractivity (Wildman–Crippen MR) is 48.2 cm³/mol. The molecule has 2 nitrogen and oxygen atoms in total. The molecule has 1 aromatic heterocycles. The van der Waals surface area contributed by atoms with Gasteiger partial charge in [0.1, 0.15) is 0 Å². The van der Waals surface area contributed by atoms with Gasteiger partial charge in [0.15, 0.2) is 0 Å². The largest absolute Gasteiger partial charge is 0.481 e. The van der Waals surface area contributed by atoms with Crippen molar-refractivity contribution in [3.8, 4) is 5.88 Å². The molecule has 1 rings (SSSR count). The van der Waals surface area contributed by atoms with Crippen molar-refractivity contribution in [1.82, 2.24) is 4.98 Å². The smallest absolute Gasteiger partial charge is 0.213 e. The van der Waals surface area contributed by atoms with Gasteiger partial charge in [-0.2, -0.15) is 0 Å². The second-order valence-electron chi connectivity index (χ2n) is 2.25. The van der Waals surface area contributed by atoms with Gasteiger partial charge in [0.2, 0.25) is 5.88 Å². The van der Waals surface area contributed by atoms with Gasteiger partial charge in [-0.05, 0) is 12.5 Å². The third-order valence-electron chi connectivity index (χ3n) is 1.51. The Hall–Kier alpha value is -0.570. The summed E-state index contributed by atoms with van der Waals surface area (Å²) < 4.78 is 4.98. The number of hydrogen-bond donors (Lipinski definition) is 0. The zero-order chi connectivity index (χ0) is 8.27. The average molecular weight is 216 g/mol. The van der Waals surface area contributed by atoms with Crippen LogP contribution in [-0.4, -0.2) is 12.1 Å². The number of halogens is 1. The van der Waals surface area contributed by atoms with Crippen molar-refractivity contribution < 1.29 is 4.74 Å². The van der Waals surface area contributed by atoms with Gasteiger partial charge in [0.25, 0.3) is 0 Å². The first-order valence-corrected chi connectivity index (χ1v) is 4.46. The molecule has 0 saturated carbocycles. The summed E-state index contributed by atoms with van der Waals surface area (Å²) in [7, 11) is 1.62. The highest BCUT2D eigenvalue weighted by Gasteiger charge is 1.99. The highest BCUT2D eigenvalue weighted by atomic mass is 79.9. The Labute approximate surface area is 74.7 Å². The molecular formula is C8H10BrNO. The summed E-state index contributed by atoms with van der Waals surface area (Å²) in [5, 5.41) is 0.774. The van der Waals surface area contributed by atoms with Gasteiger partial charge in [0, 0.05) is 11.4 Å². The van der Waals surface area contributed by atoms with Crippen LogP contribution >= 0.6 is 15.9 Å². The van der Waals surface area contributed by atoms with Crippen molar-refractivity contribution >= 4 is 15.9 Å². The van der Waals surface area contributed by atoms with Gasteiger partial charge in [0.05, 0.1) is 12.8 Å². The van der Waals surface area contributed by atoms with E-state index in [1.165, 1.54) is 5.56 Å². The summed E-state index contributed by atoms with van der Waals surface area (Å²) in [5.74, 6) is 0.671. The monoisotopic (exact) mass is 215 g/mol. The Morgan fingerprint density at radius 2 is 2.27 bits per heavy atom. The van der Waals surface area contributed by atoms with E-state index in [1.807, 2.05) is 19.1 Å². The minimum Gasteiger partial charge on any atom is -0.481 e. The van der Waals surface area contributed by atoms with Crippen LogP contribution in [0.1, 0.15) is 11.3 Å². The van der Waals surface area contributed by atoms with Crippen molar-refractivity contribution in [3.63, 3.8) is 0 Å². The minimum atomic E-state index is 0.671. The molecule has 0 aliphatic heterocycles. The van der Waals surface area contributed by atoms with Gasteiger partial charge in [-0.3, -0.25) is 0 Å². The molecule has 0 N–H and O–H groups in total. The molecule has 0 amide bonds. The lowest BCUT2D eigenvalue weighted by molar-refractivity contribution is 0.396. The maximum atomic E-state index is 4.98. The van der Waals surface area contributed by atoms with E-state index in [-0.39, 0.29) is 0 Å². The van der Waals surface area contributed by atoms with Gasteiger partial charge in [-0.1, -0.05) is 22.0 Å². The number of rotatable bonds is 2. The molecular weight excluding hydrogens is 206 g/mol. The third kappa shape index (κ3) is 1.93. The highest BCUT2D eigenvalue weighted by molar-refractivity contribution is 9.08. The minimum absolute atomic E-state index is 0.671. The average Bonchev–Trinajstić information content (AvgIpc) is 2.05. The lowest BCUT2D eigenvalue weighted by atomic mass is 10.2. The van der Waals surface area contributed by atoms with Crippen LogP contribution < -0.4 is 4.74 Å². The number of nitrogens with zero attached hydrogens (tertiary/aromatic N) is 1. The Kier molecular flexibility index (Phi) is 2.88. The standard InChI is InChI=1S/C8H10BrNO/c1-6-3-4-8(11-2)10-7(6)5-9/h3-4H,5H2,1-2H3. The van der Waals surface area contributed by atoms with Crippen LogP contribution in [0.4, 0.5) is 0 Å². The molecule has 60 valence electrons. The fourth-order valence-electron chi connectivity index (χ4n) is 0.800. The van der Waals surface area contributed by atoms with Crippen LogP contribution in [0.5, 0.6) is 5.88 Å². The van der Waals surface area contributed by atoms with E-state index in [0.717, 1.165) is 11.0 Å². The summed E-state index contributed by atoms with van der Waals surface area (Å²) in [5.41, 5.74) is 2.21. The number of pyridine rings is 1. The molecule has 0 aromatic carbocycles. The first-order chi connectivity index (χ1) is 5.27. The van der Waals surface area contributed by atoms with E-state index in [9.17, 15) is 0 Å². The SMILES string of the molecule is COc1ccc(C)c(CBr)n1. The fourth-order valence-corrected chi connectivity index (χ4v) is 1.37. The molecule has 0 fully saturated rings. The predicted octanol–water partition coefficient (Wildman–Crippen LogP) is 2.29. The van der Waals surface area contributed by atoms with Crippen LogP contribution in [0.3, 0.4) is 0 Å². The van der Waals surface area contributed by atoms with Crippen LogP contribution in [0.2, 0.25) is 0 Å². The van der Waals surface area contributed by atoms with Gasteiger partial charge >= 0.3 is 0 Å². The van der Waals surface area contributed by atoms with Crippen molar-refractivity contribution in [1.29, 1.82) is 0 Å². The molecule has 0 atom stereocenters. The van der Waals surface area contributed by atoms with Crippen molar-refractivity contribution in [2.45, 2.75) is 12.3 Å². The van der Waals surface area contributed by atoms with E-state index in [4.69, 9.17) is 4.74 Å². The van der Waals surface area contributed by atoms with E-state index in [1.54, 1.807) is 7.11 Å². The normalized spacial score (nSPS) is 9.73. The van der Waals surface area contributed by atoms with Gasteiger partial charge < -0.3 is 4.74 Å². The fraction of sp³-hybridized carbons (Fsp3) is 0.375. The van der Waals surface area contributed by atoms with E-state index in [0.29, 0.717) is 5.88 Å². The zero-order valence-corrected chi connectivity index (χ0v) is 8.18. The summed E-state index contributed by atoms with van der Waals surface area (Å²) in [6.45, 7) is 2.03.